The molecular formula is C13H13N3O. The van der Waals surface area contributed by atoms with Crippen molar-refractivity contribution in [1.29, 1.82) is 5.41 Å². The Kier molecular flexibility index (Phi) is 2.78. The van der Waals surface area contributed by atoms with Gasteiger partial charge < -0.3 is 11.1 Å². The molecule has 0 radical (unpaired) electrons. The summed E-state index contributed by atoms with van der Waals surface area (Å²) in [6.07, 6.45) is 0. The number of rotatable bonds is 2. The molecule has 4 nitrogen and oxygen atoms in total. The molecule has 17 heavy (non-hydrogen) atoms. The molecule has 2 aromatic carbocycles. The molecule has 0 saturated carbocycles. The minimum absolute atomic E-state index is 0.0181. The lowest BCUT2D eigenvalue weighted by molar-refractivity contribution is -0.114. The summed E-state index contributed by atoms with van der Waals surface area (Å²) >= 11 is 0. The molecule has 4 N–H and O–H groups in total. The molecule has 0 spiro atoms. The number of fused-ring (bicyclic) bond motifs is 1. The Morgan fingerprint density at radius 2 is 2.06 bits per heavy atom. The molecule has 4 heteroatoms. The van der Waals surface area contributed by atoms with Crippen molar-refractivity contribution in [3.63, 3.8) is 0 Å². The lowest BCUT2D eigenvalue weighted by Crippen LogP contribution is -2.11. The Morgan fingerprint density at radius 3 is 2.71 bits per heavy atom. The van der Waals surface area contributed by atoms with Crippen molar-refractivity contribution in [3.8, 4) is 0 Å². The molecule has 0 bridgehead atoms. The van der Waals surface area contributed by atoms with Crippen molar-refractivity contribution in [1.82, 2.24) is 0 Å². The van der Waals surface area contributed by atoms with Crippen molar-refractivity contribution < 1.29 is 4.79 Å². The number of nitrogen functional groups attached to an aromatic ring is 1. The van der Waals surface area contributed by atoms with E-state index >= 15 is 0 Å². The number of amides is 1. The first-order chi connectivity index (χ1) is 8.08. The second-order valence-electron chi connectivity index (χ2n) is 3.84. The zero-order valence-corrected chi connectivity index (χ0v) is 9.45. The summed E-state index contributed by atoms with van der Waals surface area (Å²) < 4.78 is 0. The first-order valence-electron chi connectivity index (χ1n) is 5.22. The summed E-state index contributed by atoms with van der Waals surface area (Å²) in [5, 5.41) is 12.1. The van der Waals surface area contributed by atoms with Gasteiger partial charge in [-0.15, -0.1) is 0 Å². The lowest BCUT2D eigenvalue weighted by Gasteiger charge is -2.08. The van der Waals surface area contributed by atoms with Gasteiger partial charge in [-0.2, -0.15) is 0 Å². The summed E-state index contributed by atoms with van der Waals surface area (Å²) in [6, 6.07) is 11.1. The van der Waals surface area contributed by atoms with Crippen LogP contribution in [-0.4, -0.2) is 11.7 Å². The van der Waals surface area contributed by atoms with Crippen LogP contribution in [0.5, 0.6) is 0 Å². The SMILES string of the molecule is CC(=O)Nc1cccc2ccc(C(=N)N)cc12. The van der Waals surface area contributed by atoms with E-state index in [1.54, 1.807) is 6.07 Å². The molecule has 0 aliphatic rings. The number of hydrogen-bond donors (Lipinski definition) is 3. The van der Waals surface area contributed by atoms with Gasteiger partial charge in [0, 0.05) is 23.6 Å². The summed E-state index contributed by atoms with van der Waals surface area (Å²) in [4.78, 5) is 11.1. The van der Waals surface area contributed by atoms with Gasteiger partial charge in [0.2, 0.25) is 5.91 Å². The van der Waals surface area contributed by atoms with Crippen molar-refractivity contribution in [2.24, 2.45) is 5.73 Å². The molecule has 2 rings (SSSR count). The van der Waals surface area contributed by atoms with Gasteiger partial charge in [0.1, 0.15) is 5.84 Å². The summed E-state index contributed by atoms with van der Waals surface area (Å²) in [7, 11) is 0. The highest BCUT2D eigenvalue weighted by Crippen LogP contribution is 2.24. The average molecular weight is 227 g/mol. The Hall–Kier alpha value is -2.36. The zero-order valence-electron chi connectivity index (χ0n) is 9.45. The molecule has 0 fully saturated rings. The molecule has 0 aromatic heterocycles. The number of amidine groups is 1. The van der Waals surface area contributed by atoms with E-state index in [-0.39, 0.29) is 11.7 Å². The number of carbonyl (C=O) groups is 1. The predicted octanol–water partition coefficient (Wildman–Crippen LogP) is 2.08. The Bertz CT molecular complexity index is 605. The largest absolute Gasteiger partial charge is 0.384 e. The fourth-order valence-electron chi connectivity index (χ4n) is 1.74. The predicted molar refractivity (Wildman–Crippen MR) is 69.3 cm³/mol. The third-order valence-corrected chi connectivity index (χ3v) is 2.50. The molecule has 1 amide bonds. The van der Waals surface area contributed by atoms with Gasteiger partial charge in [0.25, 0.3) is 0 Å². The fraction of sp³-hybridized carbons (Fsp3) is 0.0769. The van der Waals surface area contributed by atoms with Gasteiger partial charge in [0.15, 0.2) is 0 Å². The van der Waals surface area contributed by atoms with Crippen LogP contribution in [0, 0.1) is 5.41 Å². The maximum absolute atomic E-state index is 11.1. The third-order valence-electron chi connectivity index (χ3n) is 2.50. The molecule has 86 valence electrons. The van der Waals surface area contributed by atoms with E-state index < -0.39 is 0 Å². The molecule has 0 atom stereocenters. The fourth-order valence-corrected chi connectivity index (χ4v) is 1.74. The average Bonchev–Trinajstić information content (AvgIpc) is 2.28. The maximum atomic E-state index is 11.1. The van der Waals surface area contributed by atoms with E-state index in [4.69, 9.17) is 11.1 Å². The van der Waals surface area contributed by atoms with Gasteiger partial charge in [-0.3, -0.25) is 10.2 Å². The van der Waals surface area contributed by atoms with Crippen LogP contribution in [-0.2, 0) is 4.79 Å². The van der Waals surface area contributed by atoms with Crippen LogP contribution in [0.15, 0.2) is 36.4 Å². The standard InChI is InChI=1S/C13H13N3O/c1-8(17)16-12-4-2-3-9-5-6-10(13(14)15)7-11(9)12/h2-7H,1H3,(H3,14,15)(H,16,17). The highest BCUT2D eigenvalue weighted by molar-refractivity contribution is 6.05. The van der Waals surface area contributed by atoms with Crippen LogP contribution < -0.4 is 11.1 Å². The minimum Gasteiger partial charge on any atom is -0.384 e. The maximum Gasteiger partial charge on any atom is 0.221 e. The molecule has 0 aliphatic carbocycles. The van der Waals surface area contributed by atoms with Crippen molar-refractivity contribution >= 4 is 28.2 Å². The first-order valence-corrected chi connectivity index (χ1v) is 5.22. The van der Waals surface area contributed by atoms with Crippen molar-refractivity contribution in [2.45, 2.75) is 6.92 Å². The van der Waals surface area contributed by atoms with E-state index in [0.717, 1.165) is 16.5 Å². The minimum atomic E-state index is -0.120. The number of hydrogen-bond acceptors (Lipinski definition) is 2. The first kappa shape index (κ1) is 11.1. The number of anilines is 1. The summed E-state index contributed by atoms with van der Waals surface area (Å²) in [6.45, 7) is 1.47. The van der Waals surface area contributed by atoms with E-state index in [1.807, 2.05) is 30.3 Å². The monoisotopic (exact) mass is 227 g/mol. The molecule has 0 unspecified atom stereocenters. The van der Waals surface area contributed by atoms with Crippen LogP contribution in [0.4, 0.5) is 5.69 Å². The van der Waals surface area contributed by atoms with Gasteiger partial charge in [-0.25, -0.2) is 0 Å². The van der Waals surface area contributed by atoms with Gasteiger partial charge in [-0.05, 0) is 17.5 Å². The highest BCUT2D eigenvalue weighted by Gasteiger charge is 2.04. The molecule has 2 aromatic rings. The van der Waals surface area contributed by atoms with Gasteiger partial charge in [-0.1, -0.05) is 24.3 Å². The second-order valence-corrected chi connectivity index (χ2v) is 3.84. The lowest BCUT2D eigenvalue weighted by atomic mass is 10.0. The van der Waals surface area contributed by atoms with Crippen LogP contribution >= 0.6 is 0 Å². The van der Waals surface area contributed by atoms with Gasteiger partial charge in [0.05, 0.1) is 0 Å². The van der Waals surface area contributed by atoms with Crippen LogP contribution in [0.25, 0.3) is 10.8 Å². The van der Waals surface area contributed by atoms with Crippen LogP contribution in [0.2, 0.25) is 0 Å². The van der Waals surface area contributed by atoms with E-state index in [0.29, 0.717) is 5.56 Å². The number of benzene rings is 2. The number of carbonyl (C=O) groups excluding carboxylic acids is 1. The molecule has 0 aliphatic heterocycles. The smallest absolute Gasteiger partial charge is 0.221 e. The zero-order chi connectivity index (χ0) is 12.4. The number of nitrogens with two attached hydrogens (primary N) is 1. The Labute approximate surface area is 98.9 Å². The summed E-state index contributed by atoms with van der Waals surface area (Å²) in [5.41, 5.74) is 6.83. The highest BCUT2D eigenvalue weighted by atomic mass is 16.1. The van der Waals surface area contributed by atoms with Crippen molar-refractivity contribution in [3.05, 3.63) is 42.0 Å². The normalized spacial score (nSPS) is 10.2. The Balaban J connectivity index is 2.63. The quantitative estimate of drug-likeness (QED) is 0.542. The third kappa shape index (κ3) is 2.25. The molecular weight excluding hydrogens is 214 g/mol. The number of nitrogens with one attached hydrogen (secondary N) is 2. The van der Waals surface area contributed by atoms with Crippen LogP contribution in [0.3, 0.4) is 0 Å². The molecule has 0 heterocycles. The van der Waals surface area contributed by atoms with Gasteiger partial charge >= 0.3 is 0 Å². The summed E-state index contributed by atoms with van der Waals surface area (Å²) in [5.74, 6) is -0.102. The Morgan fingerprint density at radius 1 is 1.29 bits per heavy atom. The van der Waals surface area contributed by atoms with E-state index in [1.165, 1.54) is 6.92 Å². The van der Waals surface area contributed by atoms with E-state index in [2.05, 4.69) is 5.32 Å². The van der Waals surface area contributed by atoms with Crippen LogP contribution in [0.1, 0.15) is 12.5 Å². The topological polar surface area (TPSA) is 79.0 Å². The van der Waals surface area contributed by atoms with Crippen molar-refractivity contribution in [2.75, 3.05) is 5.32 Å². The van der Waals surface area contributed by atoms with E-state index in [9.17, 15) is 4.79 Å². The molecule has 0 saturated heterocycles. The second kappa shape index (κ2) is 4.25.